The maximum atomic E-state index is 13.6. The maximum absolute atomic E-state index is 13.6. The van der Waals surface area contributed by atoms with Crippen LogP contribution in [0.5, 0.6) is 17.2 Å². The standard InChI is InChI=1S/C32H34N2O5S/c1-32(2,3)29-16-10-11-17-30(29)38-23-22-33-31(35)24-34(40(36,37)28-14-8-5-9-15-28)25-18-20-27(21-19-25)39-26-12-6-4-7-13-26/h4-21H,22-24H2,1-3H3,(H,33,35). The van der Waals surface area contributed by atoms with Gasteiger partial charge in [-0.3, -0.25) is 9.10 Å². The molecule has 0 saturated heterocycles. The van der Waals surface area contributed by atoms with Crippen molar-refractivity contribution in [3.63, 3.8) is 0 Å². The first-order valence-electron chi connectivity index (χ1n) is 13.0. The minimum Gasteiger partial charge on any atom is -0.491 e. The average molecular weight is 559 g/mol. The van der Waals surface area contributed by atoms with Crippen LogP contribution in [0.4, 0.5) is 5.69 Å². The van der Waals surface area contributed by atoms with Gasteiger partial charge in [0.05, 0.1) is 17.1 Å². The summed E-state index contributed by atoms with van der Waals surface area (Å²) in [5, 5.41) is 2.78. The third kappa shape index (κ3) is 7.42. The van der Waals surface area contributed by atoms with Crippen molar-refractivity contribution in [2.24, 2.45) is 0 Å². The SMILES string of the molecule is CC(C)(C)c1ccccc1OCCNC(=O)CN(c1ccc(Oc2ccccc2)cc1)S(=O)(=O)c1ccccc1. The number of benzene rings is 4. The highest BCUT2D eigenvalue weighted by atomic mass is 32.2. The first-order chi connectivity index (χ1) is 19.1. The maximum Gasteiger partial charge on any atom is 0.264 e. The zero-order valence-electron chi connectivity index (χ0n) is 22.9. The van der Waals surface area contributed by atoms with E-state index in [1.807, 2.05) is 54.6 Å². The molecule has 0 aliphatic carbocycles. The van der Waals surface area contributed by atoms with E-state index in [9.17, 15) is 13.2 Å². The molecule has 7 nitrogen and oxygen atoms in total. The van der Waals surface area contributed by atoms with Crippen LogP contribution in [-0.2, 0) is 20.2 Å². The van der Waals surface area contributed by atoms with Crippen LogP contribution in [-0.4, -0.2) is 34.0 Å². The van der Waals surface area contributed by atoms with E-state index < -0.39 is 22.5 Å². The Hall–Kier alpha value is -4.30. The van der Waals surface area contributed by atoms with E-state index in [0.717, 1.165) is 15.6 Å². The Bertz CT molecular complexity index is 1500. The number of nitrogens with one attached hydrogen (secondary N) is 1. The number of rotatable bonds is 11. The number of anilines is 1. The summed E-state index contributed by atoms with van der Waals surface area (Å²) in [4.78, 5) is 13.0. The fraction of sp³-hybridized carbons (Fsp3) is 0.219. The summed E-state index contributed by atoms with van der Waals surface area (Å²) in [5.74, 6) is 1.52. The Labute approximate surface area is 236 Å². The van der Waals surface area contributed by atoms with Crippen molar-refractivity contribution in [2.75, 3.05) is 24.0 Å². The zero-order chi connectivity index (χ0) is 28.6. The van der Waals surface area contributed by atoms with Gasteiger partial charge in [0.25, 0.3) is 10.0 Å². The van der Waals surface area contributed by atoms with Crippen molar-refractivity contribution < 1.29 is 22.7 Å². The number of carbonyl (C=O) groups excluding carboxylic acids is 1. The Morgan fingerprint density at radius 1 is 0.775 bits per heavy atom. The van der Waals surface area contributed by atoms with Crippen LogP contribution in [0.2, 0.25) is 0 Å². The summed E-state index contributed by atoms with van der Waals surface area (Å²) in [6, 6.07) is 31.7. The van der Waals surface area contributed by atoms with Gasteiger partial charge in [0, 0.05) is 0 Å². The summed E-state index contributed by atoms with van der Waals surface area (Å²) in [6.07, 6.45) is 0. The van der Waals surface area contributed by atoms with Crippen molar-refractivity contribution >= 4 is 21.6 Å². The number of ether oxygens (including phenoxy) is 2. The number of amides is 1. The molecule has 208 valence electrons. The lowest BCUT2D eigenvalue weighted by molar-refractivity contribution is -0.119. The highest BCUT2D eigenvalue weighted by Crippen LogP contribution is 2.31. The normalized spacial score (nSPS) is 11.5. The van der Waals surface area contributed by atoms with E-state index in [1.54, 1.807) is 42.5 Å². The number of sulfonamides is 1. The second-order valence-corrected chi connectivity index (χ2v) is 12.0. The Morgan fingerprint density at radius 3 is 2.00 bits per heavy atom. The van der Waals surface area contributed by atoms with Crippen LogP contribution in [0, 0.1) is 0 Å². The average Bonchev–Trinajstić information content (AvgIpc) is 2.95. The molecule has 0 aromatic heterocycles. The molecular weight excluding hydrogens is 524 g/mol. The number of para-hydroxylation sites is 2. The molecule has 0 saturated carbocycles. The van der Waals surface area contributed by atoms with E-state index in [2.05, 4.69) is 26.1 Å². The summed E-state index contributed by atoms with van der Waals surface area (Å²) >= 11 is 0. The molecule has 0 radical (unpaired) electrons. The summed E-state index contributed by atoms with van der Waals surface area (Å²) in [7, 11) is -4.02. The Kier molecular flexibility index (Phi) is 9.11. The smallest absolute Gasteiger partial charge is 0.264 e. The van der Waals surface area contributed by atoms with Gasteiger partial charge in [-0.2, -0.15) is 0 Å². The first-order valence-corrected chi connectivity index (χ1v) is 14.5. The van der Waals surface area contributed by atoms with Gasteiger partial charge in [0.15, 0.2) is 0 Å². The molecule has 40 heavy (non-hydrogen) atoms. The largest absolute Gasteiger partial charge is 0.491 e. The molecule has 0 bridgehead atoms. The second-order valence-electron chi connectivity index (χ2n) is 10.2. The third-order valence-corrected chi connectivity index (χ3v) is 7.89. The topological polar surface area (TPSA) is 84.9 Å². The fourth-order valence-corrected chi connectivity index (χ4v) is 5.53. The van der Waals surface area contributed by atoms with Crippen LogP contribution in [0.25, 0.3) is 0 Å². The van der Waals surface area contributed by atoms with E-state index >= 15 is 0 Å². The first kappa shape index (κ1) is 28.7. The van der Waals surface area contributed by atoms with Crippen LogP contribution >= 0.6 is 0 Å². The van der Waals surface area contributed by atoms with Gasteiger partial charge >= 0.3 is 0 Å². The van der Waals surface area contributed by atoms with Crippen LogP contribution < -0.4 is 19.1 Å². The minimum absolute atomic E-state index is 0.0895. The Balaban J connectivity index is 1.46. The van der Waals surface area contributed by atoms with Gasteiger partial charge in [-0.25, -0.2) is 8.42 Å². The molecule has 0 aliphatic heterocycles. The molecule has 1 amide bonds. The van der Waals surface area contributed by atoms with Crippen molar-refractivity contribution in [1.29, 1.82) is 0 Å². The third-order valence-electron chi connectivity index (χ3n) is 6.10. The van der Waals surface area contributed by atoms with Crippen LogP contribution in [0.1, 0.15) is 26.3 Å². The summed E-state index contributed by atoms with van der Waals surface area (Å²) in [5.41, 5.74) is 1.32. The highest BCUT2D eigenvalue weighted by molar-refractivity contribution is 7.92. The monoisotopic (exact) mass is 558 g/mol. The lowest BCUT2D eigenvalue weighted by Crippen LogP contribution is -2.41. The summed E-state index contributed by atoms with van der Waals surface area (Å²) in [6.45, 7) is 6.40. The van der Waals surface area contributed by atoms with Gasteiger partial charge < -0.3 is 14.8 Å². The molecular formula is C32H34N2O5S. The lowest BCUT2D eigenvalue weighted by Gasteiger charge is -2.24. The van der Waals surface area contributed by atoms with Crippen LogP contribution in [0.15, 0.2) is 114 Å². The van der Waals surface area contributed by atoms with Crippen molar-refractivity contribution in [2.45, 2.75) is 31.1 Å². The van der Waals surface area contributed by atoms with E-state index in [-0.39, 0.29) is 23.5 Å². The van der Waals surface area contributed by atoms with E-state index in [4.69, 9.17) is 9.47 Å². The zero-order valence-corrected chi connectivity index (χ0v) is 23.7. The van der Waals surface area contributed by atoms with Gasteiger partial charge in [0.2, 0.25) is 5.91 Å². The van der Waals surface area contributed by atoms with E-state index in [1.165, 1.54) is 12.1 Å². The van der Waals surface area contributed by atoms with Gasteiger partial charge in [-0.15, -0.1) is 0 Å². The predicted octanol–water partition coefficient (Wildman–Crippen LogP) is 6.17. The lowest BCUT2D eigenvalue weighted by atomic mass is 9.86. The molecule has 4 rings (SSSR count). The van der Waals surface area contributed by atoms with Gasteiger partial charge in [-0.05, 0) is 65.6 Å². The molecule has 4 aromatic rings. The minimum atomic E-state index is -4.02. The predicted molar refractivity (Wildman–Crippen MR) is 158 cm³/mol. The van der Waals surface area contributed by atoms with Crippen molar-refractivity contribution in [1.82, 2.24) is 5.32 Å². The van der Waals surface area contributed by atoms with E-state index in [0.29, 0.717) is 17.2 Å². The molecule has 8 heteroatoms. The fourth-order valence-electron chi connectivity index (χ4n) is 4.09. The Morgan fingerprint density at radius 2 is 1.35 bits per heavy atom. The number of hydrogen-bond acceptors (Lipinski definition) is 5. The molecule has 0 heterocycles. The van der Waals surface area contributed by atoms with Gasteiger partial charge in [0.1, 0.15) is 30.4 Å². The van der Waals surface area contributed by atoms with Gasteiger partial charge in [-0.1, -0.05) is 75.4 Å². The number of carbonyl (C=O) groups is 1. The molecule has 0 aliphatic rings. The molecule has 4 aromatic carbocycles. The molecule has 0 fully saturated rings. The summed E-state index contributed by atoms with van der Waals surface area (Å²) < 4.78 is 40.0. The molecule has 0 atom stereocenters. The second kappa shape index (κ2) is 12.7. The number of nitrogens with zero attached hydrogens (tertiary/aromatic N) is 1. The molecule has 1 N–H and O–H groups in total. The quantitative estimate of drug-likeness (QED) is 0.223. The van der Waals surface area contributed by atoms with Crippen LogP contribution in [0.3, 0.4) is 0 Å². The van der Waals surface area contributed by atoms with Crippen molar-refractivity contribution in [3.05, 3.63) is 115 Å². The molecule has 0 spiro atoms. The molecule has 0 unspecified atom stereocenters. The number of hydrogen-bond donors (Lipinski definition) is 1. The van der Waals surface area contributed by atoms with Crippen molar-refractivity contribution in [3.8, 4) is 17.2 Å². The highest BCUT2D eigenvalue weighted by Gasteiger charge is 2.27.